The second-order valence-corrected chi connectivity index (χ2v) is 17.4. The summed E-state index contributed by atoms with van der Waals surface area (Å²) in [4.78, 5) is 7.32. The number of rotatable bonds is 8. The van der Waals surface area contributed by atoms with Gasteiger partial charge in [0.15, 0.2) is 0 Å². The Bertz CT molecular complexity index is 3650. The molecule has 1 aliphatic heterocycles. The Balaban J connectivity index is 1.04. The van der Waals surface area contributed by atoms with E-state index in [-0.39, 0.29) is 0 Å². The molecule has 0 fully saturated rings. The summed E-state index contributed by atoms with van der Waals surface area (Å²) in [7, 11) is 0. The van der Waals surface area contributed by atoms with Gasteiger partial charge in [-0.25, -0.2) is 0 Å². The lowest BCUT2D eigenvalue weighted by Gasteiger charge is -2.40. The molecule has 0 amide bonds. The molecule has 320 valence electrons. The van der Waals surface area contributed by atoms with Gasteiger partial charge in [0.1, 0.15) is 5.82 Å². The third-order valence-electron chi connectivity index (χ3n) is 13.5. The summed E-state index contributed by atoms with van der Waals surface area (Å²) < 4.78 is 2.43. The van der Waals surface area contributed by atoms with E-state index in [1.54, 1.807) is 0 Å². The van der Waals surface area contributed by atoms with Gasteiger partial charge in [-0.05, 0) is 129 Å². The highest BCUT2D eigenvalue weighted by molar-refractivity contribution is 6.14. The van der Waals surface area contributed by atoms with Gasteiger partial charge in [0.05, 0.1) is 22.6 Å². The maximum Gasteiger partial charge on any atom is 0.148 e. The highest BCUT2D eigenvalue weighted by atomic mass is 15.3. The monoisotopic (exact) mass is 868 g/mol. The number of anilines is 9. The minimum absolute atomic E-state index is 1.04. The number of aromatic nitrogens is 1. The summed E-state index contributed by atoms with van der Waals surface area (Å²) in [5, 5.41) is 6.13. The normalized spacial score (nSPS) is 12.1. The van der Waals surface area contributed by atoms with E-state index in [1.807, 2.05) is 0 Å². The Morgan fingerprint density at radius 3 is 1.29 bits per heavy atom. The molecule has 0 saturated carbocycles. The number of nitrogens with zero attached hydrogens (tertiary/aromatic N) is 4. The molecule has 1 aliphatic rings. The third-order valence-corrected chi connectivity index (χ3v) is 13.5. The minimum Gasteiger partial charge on any atom is -0.310 e. The summed E-state index contributed by atoms with van der Waals surface area (Å²) in [6.45, 7) is 0. The van der Waals surface area contributed by atoms with E-state index in [4.69, 9.17) is 0 Å². The predicted octanol–water partition coefficient (Wildman–Crippen LogP) is 18.0. The molecule has 0 aliphatic carbocycles. The number of benzene rings is 11. The Labute approximate surface area is 396 Å². The van der Waals surface area contributed by atoms with Crippen LogP contribution in [0.5, 0.6) is 0 Å². The Kier molecular flexibility index (Phi) is 9.47. The van der Waals surface area contributed by atoms with Crippen LogP contribution in [-0.2, 0) is 0 Å². The molecule has 11 aromatic carbocycles. The molecule has 0 spiro atoms. The lowest BCUT2D eigenvalue weighted by molar-refractivity contribution is 1.05. The molecule has 0 radical (unpaired) electrons. The SMILES string of the molecule is c1ccc(N2c3ccc(N(c4ccc(-c5cccc6ccccc56)cc4)c4ccc(-c5cccc6ccccc56)cc4)cc3N(c3ccccc3)c3c2c2ccccc2n3-c2ccccc2)cc1. The molecule has 0 atom stereocenters. The zero-order valence-electron chi connectivity index (χ0n) is 37.2. The van der Waals surface area contributed by atoms with Gasteiger partial charge in [-0.1, -0.05) is 182 Å². The van der Waals surface area contributed by atoms with Crippen LogP contribution in [0.25, 0.3) is 60.4 Å². The van der Waals surface area contributed by atoms with Crippen LogP contribution in [0.15, 0.2) is 267 Å². The van der Waals surface area contributed by atoms with Crippen molar-refractivity contribution in [1.82, 2.24) is 4.57 Å². The van der Waals surface area contributed by atoms with Gasteiger partial charge in [-0.3, -0.25) is 9.47 Å². The van der Waals surface area contributed by atoms with E-state index in [0.29, 0.717) is 0 Å². The van der Waals surface area contributed by atoms with Crippen molar-refractivity contribution in [3.63, 3.8) is 0 Å². The summed E-state index contributed by atoms with van der Waals surface area (Å²) in [6.07, 6.45) is 0. The molecule has 2 heterocycles. The molecule has 0 N–H and O–H groups in total. The summed E-state index contributed by atoms with van der Waals surface area (Å²) in [5.74, 6) is 1.07. The highest BCUT2D eigenvalue weighted by Crippen LogP contribution is 2.59. The van der Waals surface area contributed by atoms with Gasteiger partial charge in [0, 0.05) is 39.5 Å². The molecule has 0 bridgehead atoms. The molecule has 4 nitrogen and oxygen atoms in total. The lowest BCUT2D eigenvalue weighted by atomic mass is 9.97. The summed E-state index contributed by atoms with van der Waals surface area (Å²) in [5.41, 5.74) is 15.6. The lowest BCUT2D eigenvalue weighted by Crippen LogP contribution is -2.25. The van der Waals surface area contributed by atoms with Gasteiger partial charge >= 0.3 is 0 Å². The minimum atomic E-state index is 1.04. The molecule has 12 aromatic rings. The number of fused-ring (bicyclic) bond motifs is 6. The maximum absolute atomic E-state index is 2.46. The molecule has 0 unspecified atom stereocenters. The number of hydrogen-bond donors (Lipinski definition) is 0. The quantitative estimate of drug-likeness (QED) is 0.151. The van der Waals surface area contributed by atoms with Crippen molar-refractivity contribution < 1.29 is 0 Å². The molecule has 4 heteroatoms. The fourth-order valence-corrected chi connectivity index (χ4v) is 10.4. The Morgan fingerprint density at radius 1 is 0.294 bits per heavy atom. The van der Waals surface area contributed by atoms with Gasteiger partial charge < -0.3 is 9.80 Å². The molecule has 13 rings (SSSR count). The van der Waals surface area contributed by atoms with Crippen LogP contribution >= 0.6 is 0 Å². The molecular weight excluding hydrogens is 825 g/mol. The zero-order valence-corrected chi connectivity index (χ0v) is 37.2. The molecule has 0 saturated heterocycles. The molecule has 1 aromatic heterocycles. The zero-order chi connectivity index (χ0) is 45.0. The largest absolute Gasteiger partial charge is 0.310 e. The van der Waals surface area contributed by atoms with E-state index in [9.17, 15) is 0 Å². The average molecular weight is 869 g/mol. The van der Waals surface area contributed by atoms with Gasteiger partial charge in [0.2, 0.25) is 0 Å². The maximum atomic E-state index is 2.46. The van der Waals surface area contributed by atoms with Crippen molar-refractivity contribution >= 4 is 83.8 Å². The smallest absolute Gasteiger partial charge is 0.148 e. The highest BCUT2D eigenvalue weighted by Gasteiger charge is 2.37. The molecule has 68 heavy (non-hydrogen) atoms. The van der Waals surface area contributed by atoms with Crippen LogP contribution in [0.2, 0.25) is 0 Å². The van der Waals surface area contributed by atoms with Crippen LogP contribution in [0, 0.1) is 0 Å². The van der Waals surface area contributed by atoms with Crippen molar-refractivity contribution in [1.29, 1.82) is 0 Å². The number of para-hydroxylation sites is 4. The van der Waals surface area contributed by atoms with Gasteiger partial charge in [-0.2, -0.15) is 0 Å². The van der Waals surface area contributed by atoms with Crippen molar-refractivity contribution in [2.45, 2.75) is 0 Å². The first kappa shape index (κ1) is 39.3. The second kappa shape index (κ2) is 16.4. The Morgan fingerprint density at radius 2 is 0.735 bits per heavy atom. The first-order chi connectivity index (χ1) is 33.8. The standard InChI is InChI=1S/C64H44N4/c1-4-22-49(23-5-1)66-61-43-42-54(44-62(61)68(51-26-8-3-9-27-51)64-63(66)59-30-14-15-33-60(59)67(64)50-24-6-2-7-25-50)65(52-38-34-47(35-39-52)57-31-16-20-45-18-10-12-28-55(45)57)53-40-36-48(37-41-53)58-32-17-21-46-19-11-13-29-56(46)58/h1-44H. The van der Waals surface area contributed by atoms with Crippen LogP contribution in [0.3, 0.4) is 0 Å². The van der Waals surface area contributed by atoms with Crippen molar-refractivity contribution in [2.75, 3.05) is 14.7 Å². The van der Waals surface area contributed by atoms with Crippen molar-refractivity contribution in [3.05, 3.63) is 267 Å². The van der Waals surface area contributed by atoms with E-state index >= 15 is 0 Å². The van der Waals surface area contributed by atoms with Crippen molar-refractivity contribution in [3.8, 4) is 27.9 Å². The first-order valence-electron chi connectivity index (χ1n) is 23.3. The number of hydrogen-bond acceptors (Lipinski definition) is 3. The van der Waals surface area contributed by atoms with Gasteiger partial charge in [0.25, 0.3) is 0 Å². The van der Waals surface area contributed by atoms with E-state index < -0.39 is 0 Å². The predicted molar refractivity (Wildman–Crippen MR) is 287 cm³/mol. The third kappa shape index (κ3) is 6.53. The van der Waals surface area contributed by atoms with Gasteiger partial charge in [-0.15, -0.1) is 0 Å². The van der Waals surface area contributed by atoms with E-state index in [2.05, 4.69) is 286 Å². The summed E-state index contributed by atoms with van der Waals surface area (Å²) in [6, 6.07) is 96.7. The Hall–Kier alpha value is -9.12. The van der Waals surface area contributed by atoms with Crippen LogP contribution < -0.4 is 14.7 Å². The topological polar surface area (TPSA) is 14.7 Å². The fraction of sp³-hybridized carbons (Fsp3) is 0. The first-order valence-corrected chi connectivity index (χ1v) is 23.3. The van der Waals surface area contributed by atoms with Crippen LogP contribution in [0.1, 0.15) is 0 Å². The van der Waals surface area contributed by atoms with Crippen LogP contribution in [0.4, 0.5) is 51.3 Å². The van der Waals surface area contributed by atoms with E-state index in [0.717, 1.165) is 62.5 Å². The molecular formula is C64H44N4. The van der Waals surface area contributed by atoms with Crippen molar-refractivity contribution in [2.24, 2.45) is 0 Å². The van der Waals surface area contributed by atoms with E-state index in [1.165, 1.54) is 49.2 Å². The second-order valence-electron chi connectivity index (χ2n) is 17.4. The summed E-state index contributed by atoms with van der Waals surface area (Å²) >= 11 is 0. The van der Waals surface area contributed by atoms with Crippen LogP contribution in [-0.4, -0.2) is 4.57 Å². The average Bonchev–Trinajstić information content (AvgIpc) is 3.75. The fourth-order valence-electron chi connectivity index (χ4n) is 10.4.